The second-order valence-corrected chi connectivity index (χ2v) is 4.62. The third-order valence-corrected chi connectivity index (χ3v) is 3.17. The lowest BCUT2D eigenvalue weighted by Crippen LogP contribution is -2.36. The zero-order chi connectivity index (χ0) is 14.0. The van der Waals surface area contributed by atoms with Crippen LogP contribution in [-0.4, -0.2) is 25.6 Å². The first-order chi connectivity index (χ1) is 9.06. The highest BCUT2D eigenvalue weighted by molar-refractivity contribution is 5.72. The average Bonchev–Trinajstić information content (AvgIpc) is 2.83. The molecule has 0 saturated heterocycles. The number of unbranched alkanes of at least 4 members (excludes halogenated alkanes) is 2. The van der Waals surface area contributed by atoms with E-state index in [0.29, 0.717) is 17.1 Å². The number of hydrogen-bond acceptors (Lipinski definition) is 4. The van der Waals surface area contributed by atoms with Crippen LogP contribution in [0.1, 0.15) is 26.2 Å². The molecule has 0 fully saturated rings. The molecule has 0 aromatic carbocycles. The van der Waals surface area contributed by atoms with Crippen molar-refractivity contribution in [2.75, 3.05) is 11.9 Å². The summed E-state index contributed by atoms with van der Waals surface area (Å²) in [6.07, 6.45) is 3.34. The summed E-state index contributed by atoms with van der Waals surface area (Å²) < 4.78 is 2.44. The second kappa shape index (κ2) is 5.29. The van der Waals surface area contributed by atoms with E-state index in [0.717, 1.165) is 30.4 Å². The van der Waals surface area contributed by atoms with Gasteiger partial charge in [-0.05, 0) is 6.42 Å². The lowest BCUT2D eigenvalue weighted by Gasteiger charge is -2.00. The molecule has 2 aromatic heterocycles. The minimum absolute atomic E-state index is 0.350. The fraction of sp³-hybridized carbons (Fsp3) is 0.583. The van der Waals surface area contributed by atoms with Crippen LogP contribution in [0, 0.1) is 0 Å². The van der Waals surface area contributed by atoms with Gasteiger partial charge in [-0.2, -0.15) is 4.98 Å². The highest BCUT2D eigenvalue weighted by Crippen LogP contribution is 2.08. The van der Waals surface area contributed by atoms with E-state index in [1.54, 1.807) is 7.05 Å². The highest BCUT2D eigenvalue weighted by atomic mass is 16.2. The Morgan fingerprint density at radius 2 is 1.95 bits per heavy atom. The molecule has 0 radical (unpaired) electrons. The van der Waals surface area contributed by atoms with E-state index in [-0.39, 0.29) is 11.2 Å². The van der Waals surface area contributed by atoms with Gasteiger partial charge in [-0.3, -0.25) is 13.9 Å². The van der Waals surface area contributed by atoms with Crippen LogP contribution in [0.2, 0.25) is 0 Å². The predicted octanol–water partition coefficient (Wildman–Crippen LogP) is 0.562. The molecule has 2 aromatic rings. The molecule has 0 spiro atoms. The van der Waals surface area contributed by atoms with Crippen molar-refractivity contribution in [1.29, 1.82) is 0 Å². The SMILES string of the molecule is CCCCCNc1nc2c([nH]1)c(=O)n(C)c(=O)n2C. The summed E-state index contributed by atoms with van der Waals surface area (Å²) >= 11 is 0. The zero-order valence-corrected chi connectivity index (χ0v) is 11.5. The molecule has 0 amide bonds. The summed E-state index contributed by atoms with van der Waals surface area (Å²) in [6, 6.07) is 0. The third kappa shape index (κ3) is 2.40. The van der Waals surface area contributed by atoms with Crippen molar-refractivity contribution in [3.63, 3.8) is 0 Å². The number of aromatic nitrogens is 4. The van der Waals surface area contributed by atoms with E-state index < -0.39 is 0 Å². The Morgan fingerprint density at radius 1 is 1.21 bits per heavy atom. The normalized spacial score (nSPS) is 11.1. The van der Waals surface area contributed by atoms with E-state index in [1.807, 2.05) is 0 Å². The van der Waals surface area contributed by atoms with Crippen LogP contribution in [0.25, 0.3) is 11.2 Å². The Hall–Kier alpha value is -2.05. The summed E-state index contributed by atoms with van der Waals surface area (Å²) in [5.41, 5.74) is 0.00224. The quantitative estimate of drug-likeness (QED) is 0.774. The first kappa shape index (κ1) is 13.4. The van der Waals surface area contributed by atoms with Gasteiger partial charge in [-0.1, -0.05) is 19.8 Å². The fourth-order valence-corrected chi connectivity index (χ4v) is 1.99. The lowest BCUT2D eigenvalue weighted by molar-refractivity contribution is 0.708. The van der Waals surface area contributed by atoms with Crippen molar-refractivity contribution in [2.24, 2.45) is 14.1 Å². The van der Waals surface area contributed by atoms with Crippen LogP contribution in [-0.2, 0) is 14.1 Å². The van der Waals surface area contributed by atoms with Gasteiger partial charge in [0.2, 0.25) is 5.95 Å². The number of nitrogens with one attached hydrogen (secondary N) is 2. The maximum atomic E-state index is 11.9. The van der Waals surface area contributed by atoms with Crippen molar-refractivity contribution in [1.82, 2.24) is 19.1 Å². The van der Waals surface area contributed by atoms with E-state index in [2.05, 4.69) is 22.2 Å². The molecule has 2 N–H and O–H groups in total. The number of nitrogens with zero attached hydrogens (tertiary/aromatic N) is 3. The molecule has 2 rings (SSSR count). The van der Waals surface area contributed by atoms with Crippen molar-refractivity contribution >= 4 is 17.1 Å². The molecule has 0 bridgehead atoms. The number of fused-ring (bicyclic) bond motifs is 1. The van der Waals surface area contributed by atoms with Crippen molar-refractivity contribution in [3.05, 3.63) is 20.8 Å². The molecule has 0 atom stereocenters. The van der Waals surface area contributed by atoms with Gasteiger partial charge in [-0.25, -0.2) is 4.79 Å². The number of H-pyrrole nitrogens is 1. The molecule has 2 heterocycles. The molecule has 0 aliphatic heterocycles. The Morgan fingerprint density at radius 3 is 2.63 bits per heavy atom. The molecule has 7 nitrogen and oxygen atoms in total. The Bertz CT molecular complexity index is 694. The minimum atomic E-state index is -0.374. The molecule has 0 aliphatic rings. The first-order valence-electron chi connectivity index (χ1n) is 6.45. The largest absolute Gasteiger partial charge is 0.356 e. The van der Waals surface area contributed by atoms with Crippen LogP contribution in [0.5, 0.6) is 0 Å². The monoisotopic (exact) mass is 265 g/mol. The standard InChI is InChI=1S/C12H19N5O2/c1-4-5-6-7-13-11-14-8-9(15-11)16(2)12(19)17(3)10(8)18/h4-7H2,1-3H3,(H2,13,14,15). The van der Waals surface area contributed by atoms with Crippen molar-refractivity contribution in [3.8, 4) is 0 Å². The van der Waals surface area contributed by atoms with E-state index in [1.165, 1.54) is 11.6 Å². The minimum Gasteiger partial charge on any atom is -0.356 e. The van der Waals surface area contributed by atoms with Crippen molar-refractivity contribution < 1.29 is 0 Å². The van der Waals surface area contributed by atoms with Crippen LogP contribution >= 0.6 is 0 Å². The number of imidazole rings is 1. The van der Waals surface area contributed by atoms with Gasteiger partial charge >= 0.3 is 5.69 Å². The number of rotatable bonds is 5. The molecular weight excluding hydrogens is 246 g/mol. The van der Waals surface area contributed by atoms with E-state index in [4.69, 9.17) is 0 Å². The van der Waals surface area contributed by atoms with Gasteiger partial charge in [0.15, 0.2) is 11.2 Å². The number of hydrogen-bond donors (Lipinski definition) is 2. The van der Waals surface area contributed by atoms with E-state index >= 15 is 0 Å². The number of aryl methyl sites for hydroxylation is 1. The fourth-order valence-electron chi connectivity index (χ4n) is 1.99. The first-order valence-corrected chi connectivity index (χ1v) is 6.45. The number of aromatic amines is 1. The summed E-state index contributed by atoms with van der Waals surface area (Å²) in [5, 5.41) is 3.13. The van der Waals surface area contributed by atoms with Gasteiger partial charge in [0.1, 0.15) is 0 Å². The molecule has 0 unspecified atom stereocenters. The average molecular weight is 265 g/mol. The summed E-state index contributed by atoms with van der Waals surface area (Å²) in [6.45, 7) is 2.93. The van der Waals surface area contributed by atoms with Gasteiger partial charge in [0.05, 0.1) is 0 Å². The molecule has 0 aliphatic carbocycles. The van der Waals surface area contributed by atoms with Crippen LogP contribution in [0.3, 0.4) is 0 Å². The van der Waals surface area contributed by atoms with Crippen molar-refractivity contribution in [2.45, 2.75) is 26.2 Å². The number of anilines is 1. The molecular formula is C12H19N5O2. The summed E-state index contributed by atoms with van der Waals surface area (Å²) in [7, 11) is 3.06. The van der Waals surface area contributed by atoms with Crippen LogP contribution in [0.15, 0.2) is 9.59 Å². The summed E-state index contributed by atoms with van der Waals surface area (Å²) in [5.74, 6) is 0.532. The topological polar surface area (TPSA) is 84.7 Å². The molecule has 104 valence electrons. The maximum Gasteiger partial charge on any atom is 0.332 e. The Labute approximate surface area is 110 Å². The van der Waals surface area contributed by atoms with Gasteiger partial charge in [-0.15, -0.1) is 0 Å². The Kier molecular flexibility index (Phi) is 3.73. The highest BCUT2D eigenvalue weighted by Gasteiger charge is 2.12. The van der Waals surface area contributed by atoms with Gasteiger partial charge in [0, 0.05) is 20.6 Å². The molecule has 19 heavy (non-hydrogen) atoms. The zero-order valence-electron chi connectivity index (χ0n) is 11.5. The van der Waals surface area contributed by atoms with Crippen LogP contribution < -0.4 is 16.6 Å². The summed E-state index contributed by atoms with van der Waals surface area (Å²) in [4.78, 5) is 30.9. The lowest BCUT2D eigenvalue weighted by atomic mass is 10.2. The van der Waals surface area contributed by atoms with Crippen LogP contribution in [0.4, 0.5) is 5.95 Å². The molecule has 7 heteroatoms. The van der Waals surface area contributed by atoms with Gasteiger partial charge in [0.25, 0.3) is 5.56 Å². The smallest absolute Gasteiger partial charge is 0.332 e. The second-order valence-electron chi connectivity index (χ2n) is 4.62. The molecule has 0 saturated carbocycles. The predicted molar refractivity (Wildman–Crippen MR) is 74.6 cm³/mol. The third-order valence-electron chi connectivity index (χ3n) is 3.17. The maximum absolute atomic E-state index is 11.9. The van der Waals surface area contributed by atoms with E-state index in [9.17, 15) is 9.59 Å². The van der Waals surface area contributed by atoms with Gasteiger partial charge < -0.3 is 10.3 Å². The Balaban J connectivity index is 2.36.